The van der Waals surface area contributed by atoms with Gasteiger partial charge in [-0.25, -0.2) is 0 Å². The maximum Gasteiger partial charge on any atom is 0.125 e. The first kappa shape index (κ1) is 15.6. The molecule has 4 rings (SSSR count). The Morgan fingerprint density at radius 3 is 2.35 bits per heavy atom. The molecule has 1 aromatic heterocycles. The SMILES string of the molecule is Cc1nnc(-c2[c-]cc3ccccc3c2)n1-c1ccccc1.[Ir]. The van der Waals surface area contributed by atoms with Crippen molar-refractivity contribution in [1.82, 2.24) is 14.8 Å². The minimum atomic E-state index is 0. The first-order valence-electron chi connectivity index (χ1n) is 7.21. The van der Waals surface area contributed by atoms with Crippen molar-refractivity contribution in [1.29, 1.82) is 0 Å². The molecule has 0 amide bonds. The van der Waals surface area contributed by atoms with E-state index in [2.05, 4.69) is 51.2 Å². The van der Waals surface area contributed by atoms with E-state index in [9.17, 15) is 0 Å². The van der Waals surface area contributed by atoms with Crippen molar-refractivity contribution < 1.29 is 20.1 Å². The minimum absolute atomic E-state index is 0. The third kappa shape index (κ3) is 2.83. The number of aromatic nitrogens is 3. The van der Waals surface area contributed by atoms with Crippen LogP contribution >= 0.6 is 0 Å². The summed E-state index contributed by atoms with van der Waals surface area (Å²) in [5.41, 5.74) is 2.00. The molecule has 115 valence electrons. The summed E-state index contributed by atoms with van der Waals surface area (Å²) < 4.78 is 2.06. The molecule has 0 bridgehead atoms. The van der Waals surface area contributed by atoms with Crippen molar-refractivity contribution in [2.45, 2.75) is 6.92 Å². The second kappa shape index (κ2) is 6.45. The third-order valence-electron chi connectivity index (χ3n) is 3.76. The smallest absolute Gasteiger partial charge is 0.125 e. The molecule has 0 unspecified atom stereocenters. The fourth-order valence-corrected chi connectivity index (χ4v) is 2.68. The monoisotopic (exact) mass is 477 g/mol. The number of para-hydroxylation sites is 1. The topological polar surface area (TPSA) is 30.7 Å². The van der Waals surface area contributed by atoms with E-state index < -0.39 is 0 Å². The van der Waals surface area contributed by atoms with E-state index in [0.717, 1.165) is 22.9 Å². The summed E-state index contributed by atoms with van der Waals surface area (Å²) >= 11 is 0. The molecule has 0 spiro atoms. The van der Waals surface area contributed by atoms with E-state index in [1.54, 1.807) is 0 Å². The predicted molar refractivity (Wildman–Crippen MR) is 87.9 cm³/mol. The molecule has 0 aliphatic rings. The zero-order valence-corrected chi connectivity index (χ0v) is 14.9. The van der Waals surface area contributed by atoms with E-state index in [0.29, 0.717) is 0 Å². The van der Waals surface area contributed by atoms with Gasteiger partial charge in [0.25, 0.3) is 0 Å². The molecule has 23 heavy (non-hydrogen) atoms. The van der Waals surface area contributed by atoms with Crippen molar-refractivity contribution in [3.05, 3.63) is 78.6 Å². The fraction of sp³-hybridized carbons (Fsp3) is 0.0526. The van der Waals surface area contributed by atoms with E-state index in [1.165, 1.54) is 10.8 Å². The standard InChI is InChI=1S/C19H14N3.Ir/c1-14-20-21-19(22(14)18-9-3-2-4-10-18)17-12-11-15-7-5-6-8-16(15)13-17;/h2-11,13H,1H3;/q-1;. The van der Waals surface area contributed by atoms with Crippen LogP contribution in [0.25, 0.3) is 27.8 Å². The Hall–Kier alpha value is -2.29. The fourth-order valence-electron chi connectivity index (χ4n) is 2.68. The summed E-state index contributed by atoms with van der Waals surface area (Å²) in [6, 6.07) is 25.9. The number of hydrogen-bond donors (Lipinski definition) is 0. The van der Waals surface area contributed by atoms with Crippen LogP contribution in [0, 0.1) is 13.0 Å². The Labute approximate surface area is 148 Å². The van der Waals surface area contributed by atoms with Crippen LogP contribution in [0.2, 0.25) is 0 Å². The molecule has 1 heterocycles. The van der Waals surface area contributed by atoms with Gasteiger partial charge in [-0.3, -0.25) is 0 Å². The van der Waals surface area contributed by atoms with Crippen LogP contribution in [0.1, 0.15) is 5.82 Å². The van der Waals surface area contributed by atoms with Gasteiger partial charge in [-0.2, -0.15) is 5.10 Å². The van der Waals surface area contributed by atoms with Crippen LogP contribution in [0.3, 0.4) is 0 Å². The second-order valence-electron chi connectivity index (χ2n) is 5.22. The van der Waals surface area contributed by atoms with Gasteiger partial charge in [0.15, 0.2) is 0 Å². The Balaban J connectivity index is 0.00000156. The molecule has 3 aromatic carbocycles. The Kier molecular flexibility index (Phi) is 4.37. The first-order valence-corrected chi connectivity index (χ1v) is 7.21. The number of aryl methyl sites for hydroxylation is 1. The largest absolute Gasteiger partial charge is 0.320 e. The molecule has 0 atom stereocenters. The predicted octanol–water partition coefficient (Wildman–Crippen LogP) is 4.19. The zero-order chi connectivity index (χ0) is 14.9. The minimum Gasteiger partial charge on any atom is -0.320 e. The Bertz CT molecular complexity index is 945. The average Bonchev–Trinajstić information content (AvgIpc) is 2.97. The van der Waals surface area contributed by atoms with Crippen LogP contribution in [0.5, 0.6) is 0 Å². The van der Waals surface area contributed by atoms with Crippen LogP contribution in [-0.4, -0.2) is 14.8 Å². The van der Waals surface area contributed by atoms with E-state index in [-0.39, 0.29) is 20.1 Å². The average molecular weight is 477 g/mol. The maximum absolute atomic E-state index is 4.35. The molecule has 0 saturated heterocycles. The van der Waals surface area contributed by atoms with Gasteiger partial charge in [0.2, 0.25) is 0 Å². The molecular formula is C19H14IrN3-. The summed E-state index contributed by atoms with van der Waals surface area (Å²) in [6.45, 7) is 1.96. The van der Waals surface area contributed by atoms with Crippen molar-refractivity contribution in [2.75, 3.05) is 0 Å². The van der Waals surface area contributed by atoms with E-state index in [1.807, 2.05) is 43.3 Å². The van der Waals surface area contributed by atoms with Crippen LogP contribution in [0.4, 0.5) is 0 Å². The maximum atomic E-state index is 4.35. The number of rotatable bonds is 2. The number of nitrogens with zero attached hydrogens (tertiary/aromatic N) is 3. The van der Waals surface area contributed by atoms with Crippen molar-refractivity contribution in [3.8, 4) is 17.1 Å². The molecule has 0 aliphatic carbocycles. The molecule has 0 saturated carbocycles. The van der Waals surface area contributed by atoms with Gasteiger partial charge in [0.1, 0.15) is 5.82 Å². The van der Waals surface area contributed by atoms with Crippen molar-refractivity contribution in [2.24, 2.45) is 0 Å². The molecular weight excluding hydrogens is 462 g/mol. The zero-order valence-electron chi connectivity index (χ0n) is 12.5. The first-order chi connectivity index (χ1) is 10.8. The molecule has 0 aliphatic heterocycles. The van der Waals surface area contributed by atoms with E-state index >= 15 is 0 Å². The normalized spacial score (nSPS) is 10.5. The molecule has 0 N–H and O–H groups in total. The molecule has 1 radical (unpaired) electrons. The van der Waals surface area contributed by atoms with Crippen LogP contribution in [0.15, 0.2) is 66.7 Å². The van der Waals surface area contributed by atoms with Gasteiger partial charge in [0.05, 0.1) is 5.82 Å². The summed E-state index contributed by atoms with van der Waals surface area (Å²) in [6.07, 6.45) is 0. The summed E-state index contributed by atoms with van der Waals surface area (Å²) in [5, 5.41) is 10.9. The number of hydrogen-bond acceptors (Lipinski definition) is 2. The number of fused-ring (bicyclic) bond motifs is 1. The van der Waals surface area contributed by atoms with Crippen molar-refractivity contribution >= 4 is 10.8 Å². The Morgan fingerprint density at radius 2 is 1.57 bits per heavy atom. The van der Waals surface area contributed by atoms with Gasteiger partial charge in [-0.15, -0.1) is 34.2 Å². The van der Waals surface area contributed by atoms with Crippen molar-refractivity contribution in [3.63, 3.8) is 0 Å². The summed E-state index contributed by atoms with van der Waals surface area (Å²) in [7, 11) is 0. The van der Waals surface area contributed by atoms with Gasteiger partial charge in [0, 0.05) is 25.8 Å². The van der Waals surface area contributed by atoms with Crippen LogP contribution in [-0.2, 0) is 20.1 Å². The second-order valence-corrected chi connectivity index (χ2v) is 5.22. The summed E-state index contributed by atoms with van der Waals surface area (Å²) in [4.78, 5) is 0. The number of benzene rings is 3. The molecule has 3 nitrogen and oxygen atoms in total. The van der Waals surface area contributed by atoms with Crippen LogP contribution < -0.4 is 0 Å². The molecule has 4 heteroatoms. The summed E-state index contributed by atoms with van der Waals surface area (Å²) in [5.74, 6) is 1.68. The quantitative estimate of drug-likeness (QED) is 0.406. The van der Waals surface area contributed by atoms with Gasteiger partial charge in [-0.1, -0.05) is 47.9 Å². The van der Waals surface area contributed by atoms with E-state index in [4.69, 9.17) is 0 Å². The van der Waals surface area contributed by atoms with Gasteiger partial charge in [-0.05, 0) is 19.1 Å². The third-order valence-corrected chi connectivity index (χ3v) is 3.76. The molecule has 0 fully saturated rings. The van der Waals surface area contributed by atoms with Gasteiger partial charge >= 0.3 is 0 Å². The molecule has 4 aromatic rings. The van der Waals surface area contributed by atoms with Gasteiger partial charge < -0.3 is 4.57 Å². The Morgan fingerprint density at radius 1 is 0.870 bits per heavy atom.